The van der Waals surface area contributed by atoms with Crippen LogP contribution in [0.4, 0.5) is 0 Å². The summed E-state index contributed by atoms with van der Waals surface area (Å²) in [6.07, 6.45) is 0. The van der Waals surface area contributed by atoms with Gasteiger partial charge in [0.1, 0.15) is 0 Å². The monoisotopic (exact) mass is 966 g/mol. The molecule has 334 valence electrons. The Morgan fingerprint density at radius 1 is 0.157 bits per heavy atom. The first-order chi connectivity index (χ1) is 34.8. The van der Waals surface area contributed by atoms with Crippen LogP contribution >= 0.6 is 31.7 Å². The van der Waals surface area contributed by atoms with E-state index in [0.29, 0.717) is 0 Å². The molecule has 70 heavy (non-hydrogen) atoms. The highest BCUT2D eigenvalue weighted by Crippen LogP contribution is 2.48. The first-order valence-electron chi connectivity index (χ1n) is 23.8. The largest absolute Gasteiger partial charge is 0.0622 e. The Labute approximate surface area is 418 Å². The van der Waals surface area contributed by atoms with E-state index in [2.05, 4.69) is 303 Å². The summed E-state index contributed by atoms with van der Waals surface area (Å²) >= 11 is 0. The second kappa shape index (κ2) is 21.8. The SMILES string of the molecule is c1ccc(P(c2ccccc2)c2ccccc2-c2ccc(P(c3ccccc3)c3ccccc3)c(-c3ccccc3P(c3ccccc3)c3ccccc3)c2P(c2ccccc2)c2ccccc2)cc1. The summed E-state index contributed by atoms with van der Waals surface area (Å²) in [6, 6.07) is 114. The quantitative estimate of drug-likeness (QED) is 0.0953. The lowest BCUT2D eigenvalue weighted by atomic mass is 9.98. The van der Waals surface area contributed by atoms with Gasteiger partial charge in [-0.3, -0.25) is 0 Å². The highest BCUT2D eigenvalue weighted by molar-refractivity contribution is 7.82. The first-order valence-corrected chi connectivity index (χ1v) is 29.2. The van der Waals surface area contributed by atoms with Crippen LogP contribution in [-0.4, -0.2) is 0 Å². The van der Waals surface area contributed by atoms with Crippen LogP contribution in [-0.2, 0) is 0 Å². The number of benzene rings is 11. The van der Waals surface area contributed by atoms with Crippen molar-refractivity contribution in [1.82, 2.24) is 0 Å². The van der Waals surface area contributed by atoms with Gasteiger partial charge >= 0.3 is 0 Å². The van der Waals surface area contributed by atoms with Crippen molar-refractivity contribution < 1.29 is 0 Å². The fourth-order valence-electron chi connectivity index (χ4n) is 9.56. The molecule has 0 heterocycles. The molecular weight excluding hydrogens is 917 g/mol. The van der Waals surface area contributed by atoms with Gasteiger partial charge in [-0.05, 0) is 112 Å². The minimum Gasteiger partial charge on any atom is -0.0622 e. The second-order valence-electron chi connectivity index (χ2n) is 16.9. The number of hydrogen-bond donors (Lipinski definition) is 0. The standard InChI is InChI=1S/C66H50P4/c1-9-29-51(30-10-1)67(52-31-11-2-12-32-52)62-47-27-25-45-59(62)60-49-50-64(69(55-37-17-5-18-38-55)56-39-19-6-20-40-56)65(66(60)70(57-41-21-7-22-42-57)58-43-23-8-24-44-58)61-46-26-28-48-63(61)68(53-33-13-3-14-34-53)54-35-15-4-16-36-54/h1-50H. The Morgan fingerprint density at radius 3 is 0.729 bits per heavy atom. The van der Waals surface area contributed by atoms with Crippen molar-refractivity contribution in [2.24, 2.45) is 0 Å². The Hall–Kier alpha value is -6.86. The molecule has 0 atom stereocenters. The van der Waals surface area contributed by atoms with E-state index in [0.717, 1.165) is 0 Å². The van der Waals surface area contributed by atoms with Crippen molar-refractivity contribution in [1.29, 1.82) is 0 Å². The molecule has 0 nitrogen and oxygen atoms in total. The Kier molecular flexibility index (Phi) is 14.2. The van der Waals surface area contributed by atoms with Gasteiger partial charge in [-0.2, -0.15) is 0 Å². The maximum atomic E-state index is 2.53. The third-order valence-corrected chi connectivity index (χ3v) is 22.6. The lowest BCUT2D eigenvalue weighted by Gasteiger charge is -2.33. The zero-order chi connectivity index (χ0) is 46.9. The number of rotatable bonds is 14. The minimum atomic E-state index is -1.17. The third kappa shape index (κ3) is 9.55. The van der Waals surface area contributed by atoms with Crippen LogP contribution in [0.3, 0.4) is 0 Å². The van der Waals surface area contributed by atoms with Gasteiger partial charge < -0.3 is 0 Å². The van der Waals surface area contributed by atoms with E-state index in [-0.39, 0.29) is 0 Å². The van der Waals surface area contributed by atoms with Crippen molar-refractivity contribution in [2.75, 3.05) is 0 Å². The van der Waals surface area contributed by atoms with E-state index in [1.165, 1.54) is 85.9 Å². The van der Waals surface area contributed by atoms with Crippen molar-refractivity contribution in [3.63, 3.8) is 0 Å². The molecule has 0 spiro atoms. The average molecular weight is 967 g/mol. The molecule has 0 aliphatic heterocycles. The van der Waals surface area contributed by atoms with Gasteiger partial charge in [0.2, 0.25) is 0 Å². The van der Waals surface area contributed by atoms with E-state index >= 15 is 0 Å². The highest BCUT2D eigenvalue weighted by Gasteiger charge is 2.33. The molecule has 0 unspecified atom stereocenters. The molecule has 0 amide bonds. The van der Waals surface area contributed by atoms with Gasteiger partial charge in [0.05, 0.1) is 0 Å². The summed E-state index contributed by atoms with van der Waals surface area (Å²) in [7, 11) is -4.17. The number of hydrogen-bond acceptors (Lipinski definition) is 0. The zero-order valence-corrected chi connectivity index (χ0v) is 42.2. The minimum absolute atomic E-state index is 0.950. The van der Waals surface area contributed by atoms with E-state index in [1.807, 2.05) is 0 Å². The summed E-state index contributed by atoms with van der Waals surface area (Å²) in [5.74, 6) is 0. The first kappa shape index (κ1) is 45.6. The van der Waals surface area contributed by atoms with E-state index in [4.69, 9.17) is 0 Å². The van der Waals surface area contributed by atoms with Crippen LogP contribution in [0.1, 0.15) is 0 Å². The van der Waals surface area contributed by atoms with Gasteiger partial charge in [-0.15, -0.1) is 0 Å². The van der Waals surface area contributed by atoms with Crippen LogP contribution < -0.4 is 63.7 Å². The van der Waals surface area contributed by atoms with Crippen molar-refractivity contribution in [2.45, 2.75) is 0 Å². The predicted octanol–water partition coefficient (Wildman–Crippen LogP) is 12.1. The third-order valence-electron chi connectivity index (χ3n) is 12.6. The summed E-state index contributed by atoms with van der Waals surface area (Å²) < 4.78 is 0. The molecule has 0 saturated heterocycles. The highest BCUT2D eigenvalue weighted by atomic mass is 31.1. The van der Waals surface area contributed by atoms with Crippen LogP contribution in [0.25, 0.3) is 22.3 Å². The van der Waals surface area contributed by atoms with Gasteiger partial charge in [0.25, 0.3) is 0 Å². The van der Waals surface area contributed by atoms with Crippen LogP contribution in [0.2, 0.25) is 0 Å². The lowest BCUT2D eigenvalue weighted by molar-refractivity contribution is 1.66. The molecule has 0 aliphatic carbocycles. The summed E-state index contributed by atoms with van der Waals surface area (Å²) in [5, 5.41) is 16.1. The van der Waals surface area contributed by atoms with Crippen molar-refractivity contribution >= 4 is 95.3 Å². The molecular formula is C66H50P4. The van der Waals surface area contributed by atoms with Gasteiger partial charge in [-0.1, -0.05) is 303 Å². The molecule has 11 rings (SSSR count). The molecule has 0 aromatic heterocycles. The molecule has 11 aromatic carbocycles. The second-order valence-corrected chi connectivity index (χ2v) is 25.6. The summed E-state index contributed by atoms with van der Waals surface area (Å²) in [4.78, 5) is 0. The summed E-state index contributed by atoms with van der Waals surface area (Å²) in [6.45, 7) is 0. The maximum Gasteiger partial charge on any atom is 0.00131 e. The fourth-order valence-corrected chi connectivity index (χ4v) is 19.7. The topological polar surface area (TPSA) is 0 Å². The average Bonchev–Trinajstić information content (AvgIpc) is 3.44. The predicted molar refractivity (Wildman–Crippen MR) is 312 cm³/mol. The molecule has 0 aliphatic rings. The van der Waals surface area contributed by atoms with Crippen molar-refractivity contribution in [3.8, 4) is 22.3 Å². The van der Waals surface area contributed by atoms with E-state index in [1.54, 1.807) is 0 Å². The van der Waals surface area contributed by atoms with Crippen molar-refractivity contribution in [3.05, 3.63) is 303 Å². The molecule has 0 bridgehead atoms. The van der Waals surface area contributed by atoms with Gasteiger partial charge in [0, 0.05) is 5.30 Å². The normalized spacial score (nSPS) is 11.4. The van der Waals surface area contributed by atoms with Crippen LogP contribution in [0.15, 0.2) is 303 Å². The molecule has 0 radical (unpaired) electrons. The fraction of sp³-hybridized carbons (Fsp3) is 0. The smallest absolute Gasteiger partial charge is 0.00131 e. The molecule has 11 aromatic rings. The van der Waals surface area contributed by atoms with Gasteiger partial charge in [0.15, 0.2) is 0 Å². The van der Waals surface area contributed by atoms with Crippen LogP contribution in [0.5, 0.6) is 0 Å². The van der Waals surface area contributed by atoms with Gasteiger partial charge in [-0.25, -0.2) is 0 Å². The molecule has 0 saturated carbocycles. The zero-order valence-electron chi connectivity index (χ0n) is 38.7. The Balaban J connectivity index is 1.33. The Bertz CT molecular complexity index is 3250. The lowest BCUT2D eigenvalue weighted by Crippen LogP contribution is -2.33. The molecule has 0 N–H and O–H groups in total. The molecule has 4 heteroatoms. The summed E-state index contributed by atoms with van der Waals surface area (Å²) in [5.41, 5.74) is 5.18. The van der Waals surface area contributed by atoms with E-state index < -0.39 is 31.7 Å². The Morgan fingerprint density at radius 2 is 0.400 bits per heavy atom. The maximum absolute atomic E-state index is 2.53. The molecule has 0 fully saturated rings. The van der Waals surface area contributed by atoms with E-state index in [9.17, 15) is 0 Å². The van der Waals surface area contributed by atoms with Crippen LogP contribution in [0, 0.1) is 0 Å².